The Morgan fingerprint density at radius 1 is 0.903 bits per heavy atom. The molecule has 31 heavy (non-hydrogen) atoms. The minimum absolute atomic E-state index is 0.218. The number of aromatic nitrogens is 1. The van der Waals surface area contributed by atoms with Crippen molar-refractivity contribution in [1.82, 2.24) is 4.98 Å². The summed E-state index contributed by atoms with van der Waals surface area (Å²) in [6.45, 7) is -0.308. The lowest BCUT2D eigenvalue weighted by Gasteiger charge is -2.11. The van der Waals surface area contributed by atoms with Gasteiger partial charge in [0.25, 0.3) is 5.91 Å². The van der Waals surface area contributed by atoms with Gasteiger partial charge in [-0.05, 0) is 42.3 Å². The average Bonchev–Trinajstić information content (AvgIpc) is 3.21. The highest BCUT2D eigenvalue weighted by molar-refractivity contribution is 7.99. The molecule has 0 saturated carbocycles. The second kappa shape index (κ2) is 10.00. The van der Waals surface area contributed by atoms with Crippen LogP contribution in [0, 0.1) is 0 Å². The number of aryl methyl sites for hydroxylation is 1. The molecule has 1 aromatic heterocycles. The summed E-state index contributed by atoms with van der Waals surface area (Å²) in [7, 11) is 0. The summed E-state index contributed by atoms with van der Waals surface area (Å²) in [5.41, 5.74) is 2.79. The Kier molecular flexibility index (Phi) is 6.69. The smallest absolute Gasteiger partial charge is 0.306 e. The van der Waals surface area contributed by atoms with Crippen molar-refractivity contribution in [1.29, 1.82) is 0 Å². The second-order valence-electron chi connectivity index (χ2n) is 6.98. The number of esters is 1. The Balaban J connectivity index is 1.28. The monoisotopic (exact) mass is 430 g/mol. The average molecular weight is 431 g/mol. The number of aromatic amines is 1. The summed E-state index contributed by atoms with van der Waals surface area (Å²) >= 11 is 1.56. The molecule has 6 heteroatoms. The van der Waals surface area contributed by atoms with Crippen molar-refractivity contribution < 1.29 is 14.3 Å². The molecule has 2 N–H and O–H groups in total. The lowest BCUT2D eigenvalue weighted by Crippen LogP contribution is -2.21. The van der Waals surface area contributed by atoms with Crippen LogP contribution < -0.4 is 5.32 Å². The van der Waals surface area contributed by atoms with E-state index >= 15 is 0 Å². The first kappa shape index (κ1) is 20.8. The lowest BCUT2D eigenvalue weighted by molar-refractivity contribution is -0.147. The molecule has 1 amide bonds. The van der Waals surface area contributed by atoms with E-state index in [1.807, 2.05) is 85.1 Å². The van der Waals surface area contributed by atoms with Gasteiger partial charge in [-0.3, -0.25) is 9.59 Å². The topological polar surface area (TPSA) is 71.2 Å². The maximum absolute atomic E-state index is 12.3. The summed E-state index contributed by atoms with van der Waals surface area (Å²) < 4.78 is 5.18. The van der Waals surface area contributed by atoms with Gasteiger partial charge in [0.05, 0.1) is 5.69 Å². The molecule has 0 aliphatic heterocycles. The van der Waals surface area contributed by atoms with Gasteiger partial charge < -0.3 is 15.0 Å². The van der Waals surface area contributed by atoms with Gasteiger partial charge in [0.15, 0.2) is 6.61 Å². The zero-order chi connectivity index (χ0) is 21.5. The number of H-pyrrole nitrogens is 1. The predicted molar refractivity (Wildman–Crippen MR) is 123 cm³/mol. The Bertz CT molecular complexity index is 1190. The fraction of sp³-hybridized carbons (Fsp3) is 0.120. The summed E-state index contributed by atoms with van der Waals surface area (Å²) in [6, 6.07) is 25.4. The third-order valence-electron chi connectivity index (χ3n) is 4.77. The molecule has 0 spiro atoms. The number of hydrogen-bond acceptors (Lipinski definition) is 4. The number of hydrogen-bond donors (Lipinski definition) is 2. The Labute approximate surface area is 184 Å². The van der Waals surface area contributed by atoms with Gasteiger partial charge in [0.1, 0.15) is 0 Å². The third kappa shape index (κ3) is 5.55. The van der Waals surface area contributed by atoms with E-state index in [2.05, 4.69) is 10.3 Å². The molecule has 1 heterocycles. The van der Waals surface area contributed by atoms with Crippen molar-refractivity contribution in [2.45, 2.75) is 22.6 Å². The van der Waals surface area contributed by atoms with Crippen LogP contribution in [0.4, 0.5) is 5.69 Å². The molecular weight excluding hydrogens is 408 g/mol. The molecule has 0 fully saturated rings. The molecule has 5 nitrogen and oxygen atoms in total. The molecule has 0 unspecified atom stereocenters. The van der Waals surface area contributed by atoms with E-state index in [1.165, 1.54) is 0 Å². The molecule has 0 bridgehead atoms. The standard InChI is InChI=1S/C25H22N2O3S/c28-24(27-22-12-6-7-13-23(22)31-19-8-2-1-3-9-19)17-30-25(29)15-14-18-16-26-21-11-5-4-10-20(18)21/h1-13,16,26H,14-15,17H2,(H,27,28). The second-order valence-corrected chi connectivity index (χ2v) is 8.09. The highest BCUT2D eigenvalue weighted by Crippen LogP contribution is 2.33. The van der Waals surface area contributed by atoms with E-state index in [9.17, 15) is 9.59 Å². The number of anilines is 1. The fourth-order valence-electron chi connectivity index (χ4n) is 3.25. The summed E-state index contributed by atoms with van der Waals surface area (Å²) in [4.78, 5) is 29.6. The number of fused-ring (bicyclic) bond motifs is 1. The van der Waals surface area contributed by atoms with Crippen LogP contribution in [0.1, 0.15) is 12.0 Å². The van der Waals surface area contributed by atoms with Crippen LogP contribution in [-0.4, -0.2) is 23.5 Å². The summed E-state index contributed by atoms with van der Waals surface area (Å²) in [6.07, 6.45) is 2.68. The summed E-state index contributed by atoms with van der Waals surface area (Å²) in [5.74, 6) is -0.756. The normalized spacial score (nSPS) is 10.7. The van der Waals surface area contributed by atoms with E-state index in [1.54, 1.807) is 11.8 Å². The Hall–Kier alpha value is -3.51. The summed E-state index contributed by atoms with van der Waals surface area (Å²) in [5, 5.41) is 3.94. The van der Waals surface area contributed by atoms with Crippen LogP contribution in [0.25, 0.3) is 10.9 Å². The fourth-order valence-corrected chi connectivity index (χ4v) is 4.18. The zero-order valence-corrected chi connectivity index (χ0v) is 17.7. The number of carbonyl (C=O) groups excluding carboxylic acids is 2. The quantitative estimate of drug-likeness (QED) is 0.366. The first-order valence-corrected chi connectivity index (χ1v) is 10.8. The van der Waals surface area contributed by atoms with Crippen LogP contribution >= 0.6 is 11.8 Å². The number of benzene rings is 3. The van der Waals surface area contributed by atoms with Crippen molar-refractivity contribution in [2.75, 3.05) is 11.9 Å². The molecule has 0 aliphatic rings. The molecule has 4 rings (SSSR count). The van der Waals surface area contributed by atoms with Gasteiger partial charge in [0.2, 0.25) is 0 Å². The minimum Gasteiger partial charge on any atom is -0.456 e. The first-order valence-electron chi connectivity index (χ1n) is 10.0. The van der Waals surface area contributed by atoms with Crippen LogP contribution in [0.2, 0.25) is 0 Å². The van der Waals surface area contributed by atoms with Gasteiger partial charge >= 0.3 is 5.97 Å². The number of nitrogens with one attached hydrogen (secondary N) is 2. The first-order chi connectivity index (χ1) is 15.2. The van der Waals surface area contributed by atoms with Crippen molar-refractivity contribution in [3.8, 4) is 0 Å². The number of amides is 1. The number of rotatable bonds is 8. The van der Waals surface area contributed by atoms with Gasteiger partial charge in [-0.1, -0.05) is 60.3 Å². The van der Waals surface area contributed by atoms with E-state index in [-0.39, 0.29) is 18.9 Å². The minimum atomic E-state index is -0.396. The van der Waals surface area contributed by atoms with Crippen LogP contribution in [0.3, 0.4) is 0 Å². The molecule has 0 radical (unpaired) electrons. The highest BCUT2D eigenvalue weighted by atomic mass is 32.2. The molecule has 0 aliphatic carbocycles. The Morgan fingerprint density at radius 2 is 1.65 bits per heavy atom. The lowest BCUT2D eigenvalue weighted by atomic mass is 10.1. The predicted octanol–water partition coefficient (Wildman–Crippen LogP) is 5.43. The molecule has 0 atom stereocenters. The number of para-hydroxylation sites is 2. The highest BCUT2D eigenvalue weighted by Gasteiger charge is 2.12. The van der Waals surface area contributed by atoms with Crippen LogP contribution in [-0.2, 0) is 20.7 Å². The van der Waals surface area contributed by atoms with E-state index in [0.29, 0.717) is 12.1 Å². The zero-order valence-electron chi connectivity index (χ0n) is 16.8. The molecule has 4 aromatic rings. The SMILES string of the molecule is O=C(COC(=O)CCc1c[nH]c2ccccc12)Nc1ccccc1Sc1ccccc1. The van der Waals surface area contributed by atoms with Crippen molar-refractivity contribution in [3.63, 3.8) is 0 Å². The van der Waals surface area contributed by atoms with E-state index in [4.69, 9.17) is 4.74 Å². The van der Waals surface area contributed by atoms with Crippen molar-refractivity contribution in [2.24, 2.45) is 0 Å². The van der Waals surface area contributed by atoms with Crippen LogP contribution in [0.15, 0.2) is 94.9 Å². The number of carbonyl (C=O) groups is 2. The maximum atomic E-state index is 12.3. The Morgan fingerprint density at radius 3 is 2.52 bits per heavy atom. The van der Waals surface area contributed by atoms with E-state index < -0.39 is 5.97 Å². The molecular formula is C25H22N2O3S. The number of ether oxygens (including phenoxy) is 1. The van der Waals surface area contributed by atoms with Crippen molar-refractivity contribution in [3.05, 3.63) is 90.6 Å². The largest absolute Gasteiger partial charge is 0.456 e. The molecule has 156 valence electrons. The van der Waals surface area contributed by atoms with Crippen LogP contribution in [0.5, 0.6) is 0 Å². The van der Waals surface area contributed by atoms with Crippen molar-refractivity contribution >= 4 is 40.2 Å². The third-order valence-corrected chi connectivity index (χ3v) is 5.85. The van der Waals surface area contributed by atoms with Gasteiger partial charge in [-0.2, -0.15) is 0 Å². The molecule has 0 saturated heterocycles. The maximum Gasteiger partial charge on any atom is 0.306 e. The van der Waals surface area contributed by atoms with Gasteiger partial charge in [-0.25, -0.2) is 0 Å². The van der Waals surface area contributed by atoms with E-state index in [0.717, 1.165) is 26.3 Å². The van der Waals surface area contributed by atoms with Gasteiger partial charge in [0, 0.05) is 33.3 Å². The van der Waals surface area contributed by atoms with Gasteiger partial charge in [-0.15, -0.1) is 0 Å². The molecule has 3 aromatic carbocycles.